The number of rotatable bonds is 1. The predicted molar refractivity (Wildman–Crippen MR) is 44.4 cm³/mol. The lowest BCUT2D eigenvalue weighted by molar-refractivity contribution is 0.564. The van der Waals surface area contributed by atoms with Crippen LogP contribution in [0.25, 0.3) is 0 Å². The summed E-state index contributed by atoms with van der Waals surface area (Å²) in [5, 5.41) is 0. The molecule has 0 N–H and O–H groups in total. The van der Waals surface area contributed by atoms with E-state index >= 15 is 0 Å². The van der Waals surface area contributed by atoms with Crippen LogP contribution in [-0.2, 0) is 4.79 Å². The summed E-state index contributed by atoms with van der Waals surface area (Å²) in [6.07, 6.45) is 6.77. The van der Waals surface area contributed by atoms with Gasteiger partial charge in [-0.25, -0.2) is 4.79 Å². The van der Waals surface area contributed by atoms with E-state index in [1.54, 1.807) is 18.2 Å². The molecule has 11 heavy (non-hydrogen) atoms. The van der Waals surface area contributed by atoms with Crippen molar-refractivity contribution in [1.29, 1.82) is 0 Å². The van der Waals surface area contributed by atoms with E-state index in [0.717, 1.165) is 0 Å². The summed E-state index contributed by atoms with van der Waals surface area (Å²) in [5.41, 5.74) is 0.553. The standard InChI is InChI=1S/C7H5Cl2NO/c8-7(9)3-1-6(2-4-7)10-5-11/h1-3H,4H2. The van der Waals surface area contributed by atoms with Crippen LogP contribution in [0.1, 0.15) is 6.42 Å². The summed E-state index contributed by atoms with van der Waals surface area (Å²) in [4.78, 5) is 13.2. The van der Waals surface area contributed by atoms with Crippen molar-refractivity contribution in [2.75, 3.05) is 0 Å². The van der Waals surface area contributed by atoms with Gasteiger partial charge in [-0.3, -0.25) is 0 Å². The zero-order valence-electron chi connectivity index (χ0n) is 5.55. The second-order valence-corrected chi connectivity index (χ2v) is 3.67. The average Bonchev–Trinajstić information content (AvgIpc) is 1.94. The molecule has 0 aromatic heterocycles. The minimum atomic E-state index is -0.845. The van der Waals surface area contributed by atoms with Gasteiger partial charge >= 0.3 is 0 Å². The maximum Gasteiger partial charge on any atom is 0.240 e. The molecule has 0 unspecified atom stereocenters. The highest BCUT2D eigenvalue weighted by Gasteiger charge is 2.21. The molecule has 0 amide bonds. The summed E-state index contributed by atoms with van der Waals surface area (Å²) in [6, 6.07) is 0. The largest absolute Gasteiger partial charge is 0.240 e. The smallest absolute Gasteiger partial charge is 0.211 e. The third-order valence-electron chi connectivity index (χ3n) is 1.26. The van der Waals surface area contributed by atoms with Crippen molar-refractivity contribution < 1.29 is 4.79 Å². The fourth-order valence-electron chi connectivity index (χ4n) is 0.720. The Kier molecular flexibility index (Phi) is 2.50. The normalized spacial score (nSPS) is 20.4. The van der Waals surface area contributed by atoms with Gasteiger partial charge in [-0.15, -0.1) is 0 Å². The molecule has 58 valence electrons. The average molecular weight is 190 g/mol. The summed E-state index contributed by atoms with van der Waals surface area (Å²) >= 11 is 11.5. The molecule has 0 saturated carbocycles. The first-order chi connectivity index (χ1) is 5.14. The van der Waals surface area contributed by atoms with Gasteiger partial charge in [0.1, 0.15) is 4.33 Å². The molecule has 2 nitrogen and oxygen atoms in total. The molecule has 0 bridgehead atoms. The van der Waals surface area contributed by atoms with Crippen molar-refractivity contribution in [3.63, 3.8) is 0 Å². The maximum atomic E-state index is 9.80. The predicted octanol–water partition coefficient (Wildman–Crippen LogP) is 2.34. The Morgan fingerprint density at radius 1 is 1.64 bits per heavy atom. The summed E-state index contributed by atoms with van der Waals surface area (Å²) in [7, 11) is 0. The van der Waals surface area contributed by atoms with Crippen molar-refractivity contribution in [2.45, 2.75) is 10.8 Å². The van der Waals surface area contributed by atoms with E-state index in [1.165, 1.54) is 6.08 Å². The Balaban J connectivity index is 2.75. The first-order valence-corrected chi connectivity index (χ1v) is 3.75. The topological polar surface area (TPSA) is 29.4 Å². The SMILES string of the molecule is O=C=NC1=CCC(Cl)(Cl)C=C1. The number of isocyanates is 1. The number of hydrogen-bond donors (Lipinski definition) is 0. The molecule has 0 heterocycles. The number of aliphatic imine (C=N–C) groups is 1. The van der Waals surface area contributed by atoms with E-state index in [9.17, 15) is 4.79 Å². The van der Waals surface area contributed by atoms with Crippen LogP contribution in [0.3, 0.4) is 0 Å². The van der Waals surface area contributed by atoms with Crippen LogP contribution in [-0.4, -0.2) is 10.4 Å². The molecule has 0 atom stereocenters. The first-order valence-electron chi connectivity index (χ1n) is 2.99. The Hall–Kier alpha value is -0.560. The van der Waals surface area contributed by atoms with Crippen LogP contribution in [0.5, 0.6) is 0 Å². The van der Waals surface area contributed by atoms with Gasteiger partial charge in [-0.2, -0.15) is 4.99 Å². The molecule has 4 heteroatoms. The van der Waals surface area contributed by atoms with Crippen LogP contribution < -0.4 is 0 Å². The second kappa shape index (κ2) is 3.22. The minimum Gasteiger partial charge on any atom is -0.211 e. The van der Waals surface area contributed by atoms with Gasteiger partial charge in [0.25, 0.3) is 0 Å². The molecule has 0 aromatic carbocycles. The van der Waals surface area contributed by atoms with Crippen molar-refractivity contribution >= 4 is 29.3 Å². The van der Waals surface area contributed by atoms with E-state index in [0.29, 0.717) is 12.1 Å². The fraction of sp³-hybridized carbons (Fsp3) is 0.286. The molecule has 0 saturated heterocycles. The number of halogens is 2. The molecule has 1 aliphatic carbocycles. The Morgan fingerprint density at radius 2 is 2.36 bits per heavy atom. The maximum absolute atomic E-state index is 9.80. The van der Waals surface area contributed by atoms with Crippen molar-refractivity contribution in [3.8, 4) is 0 Å². The monoisotopic (exact) mass is 189 g/mol. The van der Waals surface area contributed by atoms with Crippen LogP contribution in [0.4, 0.5) is 0 Å². The highest BCUT2D eigenvalue weighted by Crippen LogP contribution is 2.31. The second-order valence-electron chi connectivity index (χ2n) is 2.13. The van der Waals surface area contributed by atoms with Gasteiger partial charge in [0.2, 0.25) is 6.08 Å². The summed E-state index contributed by atoms with van der Waals surface area (Å²) in [5.74, 6) is 0. The number of alkyl halides is 2. The van der Waals surface area contributed by atoms with Gasteiger partial charge in [0.05, 0.1) is 5.70 Å². The van der Waals surface area contributed by atoms with E-state index < -0.39 is 4.33 Å². The van der Waals surface area contributed by atoms with Crippen LogP contribution in [0, 0.1) is 0 Å². The lowest BCUT2D eigenvalue weighted by Crippen LogP contribution is -2.09. The van der Waals surface area contributed by atoms with Gasteiger partial charge < -0.3 is 0 Å². The lowest BCUT2D eigenvalue weighted by Gasteiger charge is -2.15. The molecule has 0 spiro atoms. The van der Waals surface area contributed by atoms with E-state index in [1.807, 2.05) is 0 Å². The molecule has 1 aliphatic rings. The van der Waals surface area contributed by atoms with E-state index in [2.05, 4.69) is 4.99 Å². The fourth-order valence-corrected chi connectivity index (χ4v) is 1.000. The van der Waals surface area contributed by atoms with Crippen molar-refractivity contribution in [1.82, 2.24) is 0 Å². The number of hydrogen-bond acceptors (Lipinski definition) is 2. The van der Waals surface area contributed by atoms with Crippen LogP contribution in [0.2, 0.25) is 0 Å². The molecule has 0 fully saturated rings. The van der Waals surface area contributed by atoms with Crippen molar-refractivity contribution in [2.24, 2.45) is 4.99 Å². The van der Waals surface area contributed by atoms with Gasteiger partial charge in [-0.05, 0) is 12.2 Å². The summed E-state index contributed by atoms with van der Waals surface area (Å²) in [6.45, 7) is 0. The molecule has 0 radical (unpaired) electrons. The minimum absolute atomic E-state index is 0.465. The van der Waals surface area contributed by atoms with Crippen LogP contribution >= 0.6 is 23.2 Å². The first kappa shape index (κ1) is 8.54. The number of carbonyl (C=O) groups excluding carboxylic acids is 1. The molecular formula is C7H5Cl2NO. The highest BCUT2D eigenvalue weighted by atomic mass is 35.5. The Bertz CT molecular complexity index is 262. The van der Waals surface area contributed by atoms with Crippen molar-refractivity contribution in [3.05, 3.63) is 23.9 Å². The molecule has 0 aromatic rings. The van der Waals surface area contributed by atoms with Crippen LogP contribution in [0.15, 0.2) is 28.9 Å². The van der Waals surface area contributed by atoms with Gasteiger partial charge in [-0.1, -0.05) is 29.3 Å². The zero-order chi connectivity index (χ0) is 8.32. The quantitative estimate of drug-likeness (QED) is 0.354. The third kappa shape index (κ3) is 2.51. The Labute approximate surface area is 74.2 Å². The van der Waals surface area contributed by atoms with Gasteiger partial charge in [0, 0.05) is 6.42 Å². The van der Waals surface area contributed by atoms with E-state index in [4.69, 9.17) is 23.2 Å². The van der Waals surface area contributed by atoms with E-state index in [-0.39, 0.29) is 0 Å². The molecular weight excluding hydrogens is 185 g/mol. The number of nitrogens with zero attached hydrogens (tertiary/aromatic N) is 1. The van der Waals surface area contributed by atoms with Gasteiger partial charge in [0.15, 0.2) is 0 Å². The molecule has 0 aliphatic heterocycles. The lowest BCUT2D eigenvalue weighted by atomic mass is 10.1. The third-order valence-corrected chi connectivity index (χ3v) is 1.82. The number of allylic oxidation sites excluding steroid dienone is 3. The highest BCUT2D eigenvalue weighted by molar-refractivity contribution is 6.50. The summed E-state index contributed by atoms with van der Waals surface area (Å²) < 4.78 is -0.845. The Morgan fingerprint density at radius 3 is 2.82 bits per heavy atom. The molecule has 1 rings (SSSR count). The zero-order valence-corrected chi connectivity index (χ0v) is 7.06.